The Hall–Kier alpha value is -4.03. The third-order valence-electron chi connectivity index (χ3n) is 8.74. The van der Waals surface area contributed by atoms with Crippen molar-refractivity contribution in [3.63, 3.8) is 0 Å². The summed E-state index contributed by atoms with van der Waals surface area (Å²) >= 11 is 4.36. The van der Waals surface area contributed by atoms with E-state index in [-0.39, 0.29) is 29.4 Å². The fourth-order valence-corrected chi connectivity index (χ4v) is 7.37. The molecule has 0 spiro atoms. The monoisotopic (exact) mass is 721 g/mol. The average molecular weight is 722 g/mol. The van der Waals surface area contributed by atoms with Gasteiger partial charge in [-0.3, -0.25) is 14.5 Å². The van der Waals surface area contributed by atoms with Crippen molar-refractivity contribution < 1.29 is 33.1 Å². The maximum Gasteiger partial charge on any atom is 0.345 e. The Balaban J connectivity index is 1.13. The summed E-state index contributed by atoms with van der Waals surface area (Å²) in [7, 11) is 1.55. The number of benzene rings is 3. The molecule has 0 saturated carbocycles. The molecule has 3 aromatic carbocycles. The number of halogens is 1. The summed E-state index contributed by atoms with van der Waals surface area (Å²) in [5, 5.41) is 3.98. The zero-order valence-electron chi connectivity index (χ0n) is 28.5. The number of carbonyl (C=O) groups is 3. The SMILES string of the molecule is COc1ccc2[nH]c(C)c(C(CC[S+]([O-])CC(=O)NCCCOc3cccc(CN4CCCCC4)c3)C(=O)OC(=O)c3ccc(Cl)cc3)c2c1. The van der Waals surface area contributed by atoms with Crippen LogP contribution in [0.2, 0.25) is 5.02 Å². The van der Waals surface area contributed by atoms with E-state index in [0.717, 1.165) is 36.3 Å². The van der Waals surface area contributed by atoms with E-state index in [1.165, 1.54) is 49.1 Å². The molecule has 1 fully saturated rings. The summed E-state index contributed by atoms with van der Waals surface area (Å²) in [6.07, 6.45) is 4.48. The first-order valence-corrected chi connectivity index (χ1v) is 18.8. The van der Waals surface area contributed by atoms with Crippen LogP contribution in [0.15, 0.2) is 66.7 Å². The number of aromatic amines is 1. The van der Waals surface area contributed by atoms with Crippen molar-refractivity contribution in [2.45, 2.75) is 51.5 Å². The van der Waals surface area contributed by atoms with Gasteiger partial charge in [-0.2, -0.15) is 0 Å². The van der Waals surface area contributed by atoms with E-state index in [0.29, 0.717) is 41.6 Å². The van der Waals surface area contributed by atoms with Crippen molar-refractivity contribution in [3.05, 3.63) is 94.1 Å². The Labute approximate surface area is 301 Å². The van der Waals surface area contributed by atoms with E-state index in [1.54, 1.807) is 19.2 Å². The summed E-state index contributed by atoms with van der Waals surface area (Å²) in [6, 6.07) is 19.6. The molecule has 1 amide bonds. The number of hydrogen-bond acceptors (Lipinski definition) is 8. The molecule has 1 aromatic heterocycles. The third kappa shape index (κ3) is 10.5. The molecule has 0 bridgehead atoms. The van der Waals surface area contributed by atoms with Crippen LogP contribution >= 0.6 is 11.6 Å². The molecule has 12 heteroatoms. The Morgan fingerprint density at radius 1 is 1.02 bits per heavy atom. The number of aryl methyl sites for hydroxylation is 1. The normalized spacial score (nSPS) is 14.6. The van der Waals surface area contributed by atoms with Gasteiger partial charge in [0.1, 0.15) is 17.3 Å². The summed E-state index contributed by atoms with van der Waals surface area (Å²) < 4.78 is 29.7. The molecule has 2 N–H and O–H groups in total. The Morgan fingerprint density at radius 2 is 1.80 bits per heavy atom. The second-order valence-corrected chi connectivity index (χ2v) is 14.5. The standard InChI is InChI=1S/C38H44ClN3O7S/c1-26-36(33-23-30(47-2)14-15-34(33)41-26)32(38(45)49-37(44)28-10-12-29(39)13-11-28)16-21-50(46)25-35(43)40-17-7-20-48-31-9-6-8-27(22-31)24-42-18-4-3-5-19-42/h6,8-15,22-23,32,41H,3-5,7,16-21,24-25H2,1-2H3,(H,40,43). The second-order valence-electron chi connectivity index (χ2n) is 12.5. The van der Waals surface area contributed by atoms with Gasteiger partial charge in [-0.15, -0.1) is 0 Å². The topological polar surface area (TPSA) is 133 Å². The number of nitrogens with zero attached hydrogens (tertiary/aromatic N) is 1. The minimum Gasteiger partial charge on any atom is -0.616 e. The summed E-state index contributed by atoms with van der Waals surface area (Å²) in [4.78, 5) is 44.8. The number of likely N-dealkylation sites (tertiary alicyclic amines) is 1. The van der Waals surface area contributed by atoms with E-state index in [1.807, 2.05) is 25.1 Å². The van der Waals surface area contributed by atoms with Gasteiger partial charge in [0, 0.05) is 41.1 Å². The van der Waals surface area contributed by atoms with Gasteiger partial charge in [-0.1, -0.05) is 30.2 Å². The van der Waals surface area contributed by atoms with Crippen molar-refractivity contribution in [1.29, 1.82) is 0 Å². The van der Waals surface area contributed by atoms with Gasteiger partial charge in [0.25, 0.3) is 5.91 Å². The van der Waals surface area contributed by atoms with Gasteiger partial charge in [0.2, 0.25) is 0 Å². The molecule has 2 atom stereocenters. The zero-order valence-corrected chi connectivity index (χ0v) is 30.1. The molecular weight excluding hydrogens is 678 g/mol. The van der Waals surface area contributed by atoms with Crippen LogP contribution in [-0.4, -0.2) is 77.1 Å². The molecule has 0 radical (unpaired) electrons. The number of piperidine rings is 1. The number of methoxy groups -OCH3 is 1. The lowest BCUT2D eigenvalue weighted by molar-refractivity contribution is -0.139. The van der Waals surface area contributed by atoms with Crippen LogP contribution in [0.25, 0.3) is 10.9 Å². The number of ether oxygens (including phenoxy) is 3. The number of aromatic nitrogens is 1. The molecule has 1 saturated heterocycles. The van der Waals surface area contributed by atoms with E-state index in [9.17, 15) is 18.9 Å². The van der Waals surface area contributed by atoms with Crippen LogP contribution in [0.4, 0.5) is 0 Å². The van der Waals surface area contributed by atoms with Gasteiger partial charge in [-0.05, 0) is 116 Å². The van der Waals surface area contributed by atoms with Gasteiger partial charge in [0.15, 0.2) is 5.75 Å². The fraction of sp³-hybridized carbons (Fsp3) is 0.395. The lowest BCUT2D eigenvalue weighted by Gasteiger charge is -2.26. The first-order chi connectivity index (χ1) is 24.2. The number of rotatable bonds is 16. The highest BCUT2D eigenvalue weighted by Gasteiger charge is 2.31. The van der Waals surface area contributed by atoms with E-state index in [4.69, 9.17) is 25.8 Å². The van der Waals surface area contributed by atoms with E-state index in [2.05, 4.69) is 27.3 Å². The smallest absolute Gasteiger partial charge is 0.345 e. The van der Waals surface area contributed by atoms with Crippen LogP contribution in [0.5, 0.6) is 11.5 Å². The molecule has 2 heterocycles. The number of esters is 2. The molecular formula is C38H44ClN3O7S. The number of amides is 1. The number of carbonyl (C=O) groups excluding carboxylic acids is 3. The van der Waals surface area contributed by atoms with Gasteiger partial charge >= 0.3 is 11.9 Å². The summed E-state index contributed by atoms with van der Waals surface area (Å²) in [6.45, 7) is 5.82. The zero-order chi connectivity index (χ0) is 35.5. The van der Waals surface area contributed by atoms with Crippen molar-refractivity contribution in [2.75, 3.05) is 44.9 Å². The van der Waals surface area contributed by atoms with Crippen LogP contribution in [0.3, 0.4) is 0 Å². The highest BCUT2D eigenvalue weighted by Crippen LogP contribution is 2.35. The van der Waals surface area contributed by atoms with Crippen LogP contribution in [0, 0.1) is 6.92 Å². The van der Waals surface area contributed by atoms with E-state index >= 15 is 0 Å². The summed E-state index contributed by atoms with van der Waals surface area (Å²) in [5.74, 6) is -1.67. The Bertz CT molecular complexity index is 1760. The third-order valence-corrected chi connectivity index (χ3v) is 10.3. The molecule has 0 aliphatic carbocycles. The predicted octanol–water partition coefficient (Wildman–Crippen LogP) is 6.32. The van der Waals surface area contributed by atoms with Crippen LogP contribution < -0.4 is 14.8 Å². The Kier molecular flexibility index (Phi) is 13.6. The van der Waals surface area contributed by atoms with E-state index < -0.39 is 29.0 Å². The van der Waals surface area contributed by atoms with Crippen LogP contribution in [0.1, 0.15) is 65.2 Å². The fourth-order valence-electron chi connectivity index (χ4n) is 6.21. The minimum atomic E-state index is -1.58. The molecule has 5 rings (SSSR count). The largest absolute Gasteiger partial charge is 0.616 e. The molecule has 4 aromatic rings. The number of H-pyrrole nitrogens is 1. The number of nitrogens with one attached hydrogen (secondary N) is 2. The molecule has 50 heavy (non-hydrogen) atoms. The molecule has 10 nitrogen and oxygen atoms in total. The van der Waals surface area contributed by atoms with Crippen molar-refractivity contribution in [2.24, 2.45) is 0 Å². The average Bonchev–Trinajstić information content (AvgIpc) is 3.43. The number of fused-ring (bicyclic) bond motifs is 1. The van der Waals surface area contributed by atoms with Gasteiger partial charge < -0.3 is 29.1 Å². The minimum absolute atomic E-state index is 0.0370. The van der Waals surface area contributed by atoms with Crippen molar-refractivity contribution in [3.8, 4) is 11.5 Å². The van der Waals surface area contributed by atoms with Crippen molar-refractivity contribution >= 4 is 51.5 Å². The first-order valence-electron chi connectivity index (χ1n) is 16.9. The van der Waals surface area contributed by atoms with Gasteiger partial charge in [-0.25, -0.2) is 4.79 Å². The highest BCUT2D eigenvalue weighted by molar-refractivity contribution is 7.92. The molecule has 2 unspecified atom stereocenters. The Morgan fingerprint density at radius 3 is 2.56 bits per heavy atom. The maximum atomic E-state index is 13.6. The number of hydrogen-bond donors (Lipinski definition) is 2. The first kappa shape index (κ1) is 37.2. The highest BCUT2D eigenvalue weighted by atomic mass is 35.5. The molecule has 1 aliphatic heterocycles. The lowest BCUT2D eigenvalue weighted by Crippen LogP contribution is -2.33. The lowest BCUT2D eigenvalue weighted by atomic mass is 9.93. The van der Waals surface area contributed by atoms with Crippen LogP contribution in [-0.2, 0) is 32.0 Å². The van der Waals surface area contributed by atoms with Gasteiger partial charge in [0.05, 0.1) is 25.2 Å². The quantitative estimate of drug-likeness (QED) is 0.0595. The maximum absolute atomic E-state index is 13.6. The second kappa shape index (κ2) is 18.3. The van der Waals surface area contributed by atoms with Crippen molar-refractivity contribution in [1.82, 2.24) is 15.2 Å². The summed E-state index contributed by atoms with van der Waals surface area (Å²) in [5.41, 5.74) is 3.49. The predicted molar refractivity (Wildman–Crippen MR) is 195 cm³/mol. The molecule has 266 valence electrons. The molecule has 1 aliphatic rings.